The number of benzene rings is 3. The van der Waals surface area contributed by atoms with E-state index in [0.29, 0.717) is 110 Å². The van der Waals surface area contributed by atoms with Gasteiger partial charge in [0.2, 0.25) is 23.7 Å². The van der Waals surface area contributed by atoms with E-state index in [2.05, 4.69) is 40.8 Å². The standard InChI is InChI=1S/C53H59ClF2N10O15S/c1-73-52-62-50(59-40-32-34(82(2,71)72)9-11-39(40)58-44(45-38(54)6-4-14-57-45)36-5-3-7-42-46(36)81-53(55,56)80-42)61-51(63-52)65-17-15-64(16-18-65)19-20-74-21-22-75-23-24-76-25-26-77-27-28-78-29-30-79-33-8-10-35-37(31-33)49(70)66(48(35)69)41-12-13-43(67)60-47(41)68/h3-11,14,31-32,41,44,58H,12-13,15-30H2,1-2H3,(H,60,67,68)(H,59,61,62,63)/t41?,44-/m0/s1. The maximum absolute atomic E-state index is 14.4. The molecular weight excluding hydrogens is 1120 g/mol. The van der Waals surface area contributed by atoms with Crippen LogP contribution in [0.15, 0.2) is 77.8 Å². The molecule has 4 aliphatic rings. The number of rotatable bonds is 29. The number of methoxy groups -OCH3 is 1. The predicted molar refractivity (Wildman–Crippen MR) is 288 cm³/mol. The van der Waals surface area contributed by atoms with Crippen LogP contribution >= 0.6 is 11.6 Å². The van der Waals surface area contributed by atoms with E-state index in [1.807, 2.05) is 4.90 Å². The number of aromatic nitrogens is 4. The monoisotopic (exact) mass is 1180 g/mol. The van der Waals surface area contributed by atoms with E-state index in [1.54, 1.807) is 24.3 Å². The Morgan fingerprint density at radius 1 is 0.780 bits per heavy atom. The number of nitrogens with zero attached hydrogens (tertiary/aromatic N) is 7. The van der Waals surface area contributed by atoms with Crippen LogP contribution in [0.2, 0.25) is 5.02 Å². The fourth-order valence-electron chi connectivity index (χ4n) is 9.12. The highest BCUT2D eigenvalue weighted by molar-refractivity contribution is 7.90. The molecule has 1 unspecified atom stereocenters. The van der Waals surface area contributed by atoms with Crippen LogP contribution < -0.4 is 39.8 Å². The number of sulfone groups is 1. The highest BCUT2D eigenvalue weighted by Crippen LogP contribution is 2.48. The number of carbonyl (C=O) groups excluding carboxylic acids is 4. The highest BCUT2D eigenvalue weighted by atomic mass is 35.5. The summed E-state index contributed by atoms with van der Waals surface area (Å²) in [7, 11) is -2.32. The van der Waals surface area contributed by atoms with Crippen molar-refractivity contribution in [3.8, 4) is 23.3 Å². The molecule has 4 amide bonds. The normalized spacial score (nSPS) is 17.2. The van der Waals surface area contributed by atoms with Crippen LogP contribution in [0, 0.1) is 0 Å². The third-order valence-corrected chi connectivity index (χ3v) is 14.6. The summed E-state index contributed by atoms with van der Waals surface area (Å²) in [6, 6.07) is 14.4. The number of nitrogens with one attached hydrogen (secondary N) is 3. The first-order valence-corrected chi connectivity index (χ1v) is 28.3. The lowest BCUT2D eigenvalue weighted by Crippen LogP contribution is -2.54. The van der Waals surface area contributed by atoms with Crippen molar-refractivity contribution in [3.05, 3.63) is 100 Å². The number of ether oxygens (including phenoxy) is 9. The van der Waals surface area contributed by atoms with E-state index in [1.165, 1.54) is 55.8 Å². The van der Waals surface area contributed by atoms with E-state index < -0.39 is 51.8 Å². The average molecular weight is 1180 g/mol. The first kappa shape index (κ1) is 59.2. The smallest absolute Gasteiger partial charge is 0.491 e. The molecule has 2 aromatic heterocycles. The molecule has 2 fully saturated rings. The summed E-state index contributed by atoms with van der Waals surface area (Å²) in [5.41, 5.74) is 1.26. The summed E-state index contributed by atoms with van der Waals surface area (Å²) in [5.74, 6) is -2.02. The van der Waals surface area contributed by atoms with E-state index in [9.17, 15) is 36.4 Å². The molecular formula is C53H59ClF2N10O15S. The van der Waals surface area contributed by atoms with Gasteiger partial charge >= 0.3 is 12.3 Å². The highest BCUT2D eigenvalue weighted by Gasteiger charge is 2.46. The molecule has 3 aromatic carbocycles. The van der Waals surface area contributed by atoms with Crippen molar-refractivity contribution in [3.63, 3.8) is 0 Å². The van der Waals surface area contributed by atoms with Crippen LogP contribution in [-0.2, 0) is 43.1 Å². The molecule has 0 aliphatic carbocycles. The number of anilines is 4. The Morgan fingerprint density at radius 3 is 2.13 bits per heavy atom. The number of piperazine rings is 1. The molecule has 0 saturated carbocycles. The number of hydrogen-bond acceptors (Lipinski definition) is 23. The van der Waals surface area contributed by atoms with E-state index >= 15 is 0 Å². The Hall–Kier alpha value is -7.44. The molecule has 25 nitrogen and oxygen atoms in total. The predicted octanol–water partition coefficient (Wildman–Crippen LogP) is 4.28. The molecule has 29 heteroatoms. The molecule has 9 rings (SSSR count). The summed E-state index contributed by atoms with van der Waals surface area (Å²) in [4.78, 5) is 72.9. The fourth-order valence-corrected chi connectivity index (χ4v) is 10.00. The number of hydrogen-bond donors (Lipinski definition) is 3. The van der Waals surface area contributed by atoms with Crippen LogP contribution in [0.5, 0.6) is 23.3 Å². The number of amides is 4. The lowest BCUT2D eigenvalue weighted by molar-refractivity contribution is -0.287. The van der Waals surface area contributed by atoms with Crippen molar-refractivity contribution in [1.29, 1.82) is 0 Å². The van der Waals surface area contributed by atoms with Crippen LogP contribution in [-0.4, -0.2) is 193 Å². The number of fused-ring (bicyclic) bond motifs is 2. The molecule has 2 saturated heterocycles. The molecule has 0 bridgehead atoms. The Bertz CT molecular complexity index is 3240. The van der Waals surface area contributed by atoms with E-state index in [0.717, 1.165) is 11.2 Å². The Labute approximate surface area is 474 Å². The third-order valence-electron chi connectivity index (χ3n) is 13.2. The summed E-state index contributed by atoms with van der Waals surface area (Å²) in [5, 5.41) is 8.81. The van der Waals surface area contributed by atoms with Gasteiger partial charge in [0.05, 0.1) is 117 Å². The zero-order valence-electron chi connectivity index (χ0n) is 44.6. The van der Waals surface area contributed by atoms with Gasteiger partial charge in [0.1, 0.15) is 18.4 Å². The minimum absolute atomic E-state index is 0.00209. The Balaban J connectivity index is 0.646. The van der Waals surface area contributed by atoms with Gasteiger partial charge in [-0.1, -0.05) is 23.7 Å². The quantitative estimate of drug-likeness (QED) is 0.0445. The van der Waals surface area contributed by atoms with Crippen molar-refractivity contribution in [2.24, 2.45) is 0 Å². The van der Waals surface area contributed by atoms with E-state index in [-0.39, 0.29) is 87.5 Å². The largest absolute Gasteiger partial charge is 0.586 e. The number of para-hydroxylation sites is 1. The van der Waals surface area contributed by atoms with Crippen LogP contribution in [0.25, 0.3) is 0 Å². The molecule has 6 heterocycles. The summed E-state index contributed by atoms with van der Waals surface area (Å²) >= 11 is 6.64. The summed E-state index contributed by atoms with van der Waals surface area (Å²) in [6.45, 7) is 7.09. The first-order valence-electron chi connectivity index (χ1n) is 26.1. The summed E-state index contributed by atoms with van der Waals surface area (Å²) in [6.07, 6.45) is -1.24. The van der Waals surface area contributed by atoms with Gasteiger partial charge in [0.25, 0.3) is 11.8 Å². The van der Waals surface area contributed by atoms with Gasteiger partial charge in [0, 0.05) is 57.2 Å². The van der Waals surface area contributed by atoms with Crippen LogP contribution in [0.4, 0.5) is 32.1 Å². The van der Waals surface area contributed by atoms with Crippen molar-refractivity contribution in [2.75, 3.05) is 134 Å². The Morgan fingerprint density at radius 2 is 1.46 bits per heavy atom. The third kappa shape index (κ3) is 15.0. The molecule has 5 aromatic rings. The maximum Gasteiger partial charge on any atom is 0.586 e. The number of imide groups is 2. The van der Waals surface area contributed by atoms with Gasteiger partial charge in [0.15, 0.2) is 21.3 Å². The van der Waals surface area contributed by atoms with Crippen molar-refractivity contribution >= 4 is 68.3 Å². The van der Waals surface area contributed by atoms with Gasteiger partial charge < -0.3 is 58.2 Å². The number of halogens is 3. The molecule has 438 valence electrons. The first-order chi connectivity index (χ1) is 39.5. The zero-order valence-corrected chi connectivity index (χ0v) is 46.2. The molecule has 3 N–H and O–H groups in total. The van der Waals surface area contributed by atoms with Crippen LogP contribution in [0.1, 0.15) is 50.9 Å². The minimum atomic E-state index is -3.92. The van der Waals surface area contributed by atoms with Gasteiger partial charge in [-0.05, 0) is 61.0 Å². The lowest BCUT2D eigenvalue weighted by atomic mass is 10.0. The SMILES string of the molecule is COc1nc(Nc2cc(S(C)(=O)=O)ccc2N[C@@H](c2cccc3c2OC(F)(F)O3)c2ncccc2Cl)nc(N2CCN(CCOCCOCCOCCOCCOCCOc3ccc4c(c3)C(=O)N(C3CCC(=O)NC3=O)C4=O)CC2)n1. The molecule has 4 aliphatic heterocycles. The molecule has 0 radical (unpaired) electrons. The van der Waals surface area contributed by atoms with Crippen molar-refractivity contribution < 1.29 is 79.0 Å². The summed E-state index contributed by atoms with van der Waals surface area (Å²) < 4.78 is 103. The maximum atomic E-state index is 14.4. The number of carbonyl (C=O) groups is 4. The van der Waals surface area contributed by atoms with Gasteiger partial charge in [-0.3, -0.25) is 39.3 Å². The topological polar surface area (TPSA) is 283 Å². The van der Waals surface area contributed by atoms with Gasteiger partial charge in [-0.2, -0.15) is 15.0 Å². The second-order valence-electron chi connectivity index (χ2n) is 18.7. The number of pyridine rings is 1. The second kappa shape index (κ2) is 27.1. The molecule has 0 spiro atoms. The fraction of sp³-hybridized carbons (Fsp3) is 0.434. The van der Waals surface area contributed by atoms with Gasteiger partial charge in [-0.15, -0.1) is 8.78 Å². The molecule has 82 heavy (non-hydrogen) atoms. The van der Waals surface area contributed by atoms with Gasteiger partial charge in [-0.25, -0.2) is 8.42 Å². The van der Waals surface area contributed by atoms with E-state index in [4.69, 9.17) is 54.2 Å². The zero-order chi connectivity index (χ0) is 57.8. The Kier molecular flexibility index (Phi) is 19.6. The van der Waals surface area contributed by atoms with Crippen molar-refractivity contribution in [2.45, 2.75) is 36.1 Å². The lowest BCUT2D eigenvalue weighted by Gasteiger charge is -2.34. The number of alkyl halides is 2. The molecule has 2 atom stereocenters. The van der Waals surface area contributed by atoms with Crippen LogP contribution in [0.3, 0.4) is 0 Å². The second-order valence-corrected chi connectivity index (χ2v) is 21.2. The average Bonchev–Trinajstić information content (AvgIpc) is 4.06. The minimum Gasteiger partial charge on any atom is -0.491 e. The number of piperidine rings is 1. The van der Waals surface area contributed by atoms with Crippen molar-refractivity contribution in [1.82, 2.24) is 35.1 Å².